The average Bonchev–Trinajstić information content (AvgIpc) is 2.55. The number of benzene rings is 1. The van der Waals surface area contributed by atoms with E-state index in [2.05, 4.69) is 5.32 Å². The minimum atomic E-state index is -0.549. The van der Waals surface area contributed by atoms with Crippen LogP contribution in [0.3, 0.4) is 0 Å². The Labute approximate surface area is 138 Å². The predicted molar refractivity (Wildman–Crippen MR) is 87.6 cm³/mol. The second kappa shape index (κ2) is 6.66. The zero-order valence-electron chi connectivity index (χ0n) is 13.1. The summed E-state index contributed by atoms with van der Waals surface area (Å²) < 4.78 is 15.7. The first-order valence-electron chi connectivity index (χ1n) is 6.58. The summed E-state index contributed by atoms with van der Waals surface area (Å²) in [5.41, 5.74) is 0.523. The number of carbonyl (C=O) groups is 2. The van der Waals surface area contributed by atoms with Gasteiger partial charge in [0.1, 0.15) is 5.57 Å². The number of carbonyl (C=O) groups excluding carboxylic acids is 2. The van der Waals surface area contributed by atoms with Gasteiger partial charge in [0, 0.05) is 7.05 Å². The van der Waals surface area contributed by atoms with Gasteiger partial charge in [0.15, 0.2) is 16.6 Å². The molecule has 8 heteroatoms. The fourth-order valence-corrected chi connectivity index (χ4v) is 2.27. The van der Waals surface area contributed by atoms with Gasteiger partial charge in [-0.05, 0) is 36.0 Å². The van der Waals surface area contributed by atoms with Gasteiger partial charge in [0.05, 0.1) is 21.3 Å². The third-order valence-electron chi connectivity index (χ3n) is 3.30. The summed E-state index contributed by atoms with van der Waals surface area (Å²) in [5.74, 6) is 0.242. The molecule has 1 N–H and O–H groups in total. The normalized spacial score (nSPS) is 16.4. The summed E-state index contributed by atoms with van der Waals surface area (Å²) >= 11 is 4.90. The Morgan fingerprint density at radius 1 is 1.09 bits per heavy atom. The quantitative estimate of drug-likeness (QED) is 0.502. The van der Waals surface area contributed by atoms with Crippen molar-refractivity contribution in [3.63, 3.8) is 0 Å². The molecule has 1 fully saturated rings. The second-order valence-electron chi connectivity index (χ2n) is 4.64. The highest BCUT2D eigenvalue weighted by Gasteiger charge is 2.30. The van der Waals surface area contributed by atoms with E-state index in [-0.39, 0.29) is 10.7 Å². The van der Waals surface area contributed by atoms with E-state index in [0.717, 1.165) is 0 Å². The molecule has 1 aliphatic rings. The van der Waals surface area contributed by atoms with Gasteiger partial charge in [0.2, 0.25) is 5.75 Å². The van der Waals surface area contributed by atoms with E-state index in [4.69, 9.17) is 26.4 Å². The number of hydrogen-bond donors (Lipinski definition) is 1. The molecule has 2 amide bonds. The lowest BCUT2D eigenvalue weighted by Gasteiger charge is -2.25. The van der Waals surface area contributed by atoms with Gasteiger partial charge in [-0.15, -0.1) is 0 Å². The van der Waals surface area contributed by atoms with Crippen LogP contribution in [0.5, 0.6) is 17.2 Å². The van der Waals surface area contributed by atoms with Crippen LogP contribution in [-0.2, 0) is 9.59 Å². The molecule has 7 nitrogen and oxygen atoms in total. The summed E-state index contributed by atoms with van der Waals surface area (Å²) in [6, 6.07) is 3.28. The van der Waals surface area contributed by atoms with Crippen molar-refractivity contribution in [3.8, 4) is 17.2 Å². The van der Waals surface area contributed by atoms with Crippen LogP contribution in [-0.4, -0.2) is 50.2 Å². The van der Waals surface area contributed by atoms with Gasteiger partial charge in [-0.25, -0.2) is 0 Å². The van der Waals surface area contributed by atoms with E-state index in [1.165, 1.54) is 39.4 Å². The first-order valence-corrected chi connectivity index (χ1v) is 6.98. The maximum absolute atomic E-state index is 12.2. The molecule has 0 radical (unpaired) electrons. The molecule has 23 heavy (non-hydrogen) atoms. The lowest BCUT2D eigenvalue weighted by Crippen LogP contribution is -2.52. The molecule has 122 valence electrons. The molecule has 0 aliphatic carbocycles. The molecule has 0 unspecified atom stereocenters. The fourth-order valence-electron chi connectivity index (χ4n) is 2.10. The van der Waals surface area contributed by atoms with Gasteiger partial charge < -0.3 is 14.2 Å². The van der Waals surface area contributed by atoms with E-state index >= 15 is 0 Å². The van der Waals surface area contributed by atoms with Crippen LogP contribution in [0.25, 0.3) is 6.08 Å². The zero-order chi connectivity index (χ0) is 17.1. The number of amides is 2. The third kappa shape index (κ3) is 3.11. The van der Waals surface area contributed by atoms with Crippen molar-refractivity contribution >= 4 is 35.2 Å². The number of hydrogen-bond acceptors (Lipinski definition) is 6. The number of methoxy groups -OCH3 is 3. The highest BCUT2D eigenvalue weighted by Crippen LogP contribution is 2.38. The van der Waals surface area contributed by atoms with Crippen LogP contribution in [0.1, 0.15) is 5.56 Å². The molecule has 0 aromatic heterocycles. The molecular weight excluding hydrogens is 320 g/mol. The van der Waals surface area contributed by atoms with Crippen molar-refractivity contribution in [3.05, 3.63) is 23.3 Å². The average molecular weight is 336 g/mol. The number of nitrogens with one attached hydrogen (secondary N) is 1. The van der Waals surface area contributed by atoms with Crippen LogP contribution < -0.4 is 19.5 Å². The minimum absolute atomic E-state index is 0.0321. The standard InChI is InChI=1S/C15H16N2O5S/c1-17-14(19)9(13(18)16-15(17)23)5-8-6-10(20-2)12(22-4)11(7-8)21-3/h5-7H,1-4H3,(H,16,18,23). The summed E-state index contributed by atoms with van der Waals surface area (Å²) in [7, 11) is 5.96. The number of rotatable bonds is 4. The predicted octanol–water partition coefficient (Wildman–Crippen LogP) is 0.969. The van der Waals surface area contributed by atoms with Crippen molar-refractivity contribution in [1.82, 2.24) is 10.2 Å². The number of ether oxygens (including phenoxy) is 3. The summed E-state index contributed by atoms with van der Waals surface area (Å²) in [5, 5.41) is 2.52. The maximum atomic E-state index is 12.2. The van der Waals surface area contributed by atoms with Gasteiger partial charge in [-0.3, -0.25) is 19.8 Å². The van der Waals surface area contributed by atoms with Gasteiger partial charge in [-0.1, -0.05) is 0 Å². The number of likely N-dealkylation sites (N-methyl/N-ethyl adjacent to an activating group) is 1. The molecule has 1 aromatic carbocycles. The Bertz CT molecular complexity index is 689. The van der Waals surface area contributed by atoms with Gasteiger partial charge >= 0.3 is 0 Å². The Kier molecular flexibility index (Phi) is 4.85. The largest absolute Gasteiger partial charge is 0.493 e. The number of nitrogens with zero attached hydrogens (tertiary/aromatic N) is 1. The number of thiocarbonyl (C=S) groups is 1. The van der Waals surface area contributed by atoms with Crippen LogP contribution >= 0.6 is 12.2 Å². The van der Waals surface area contributed by atoms with Crippen molar-refractivity contribution in [2.45, 2.75) is 0 Å². The van der Waals surface area contributed by atoms with Crippen LogP contribution in [0.2, 0.25) is 0 Å². The third-order valence-corrected chi connectivity index (χ3v) is 3.68. The Hall–Kier alpha value is -2.61. The molecule has 1 heterocycles. The summed E-state index contributed by atoms with van der Waals surface area (Å²) in [6.07, 6.45) is 1.44. The van der Waals surface area contributed by atoms with E-state index in [1.807, 2.05) is 0 Å². The van der Waals surface area contributed by atoms with E-state index in [0.29, 0.717) is 22.8 Å². The molecule has 0 spiro atoms. The monoisotopic (exact) mass is 336 g/mol. The lowest BCUT2D eigenvalue weighted by molar-refractivity contribution is -0.128. The lowest BCUT2D eigenvalue weighted by atomic mass is 10.1. The Morgan fingerprint density at radius 3 is 2.13 bits per heavy atom. The molecule has 1 aliphatic heterocycles. The molecule has 0 saturated carbocycles. The SMILES string of the molecule is COc1cc(C=C2C(=O)NC(=S)N(C)C2=O)cc(OC)c1OC. The topological polar surface area (TPSA) is 77.1 Å². The first kappa shape index (κ1) is 16.8. The van der Waals surface area contributed by atoms with Crippen molar-refractivity contribution in [2.75, 3.05) is 28.4 Å². The second-order valence-corrected chi connectivity index (χ2v) is 5.03. The van der Waals surface area contributed by atoms with Crippen molar-refractivity contribution in [1.29, 1.82) is 0 Å². The molecule has 1 aromatic rings. The Morgan fingerprint density at radius 2 is 1.65 bits per heavy atom. The molecule has 0 atom stereocenters. The van der Waals surface area contributed by atoms with E-state index in [9.17, 15) is 9.59 Å². The molecule has 2 rings (SSSR count). The van der Waals surface area contributed by atoms with E-state index < -0.39 is 11.8 Å². The smallest absolute Gasteiger partial charge is 0.265 e. The molecule has 1 saturated heterocycles. The summed E-state index contributed by atoms with van der Waals surface area (Å²) in [4.78, 5) is 25.4. The van der Waals surface area contributed by atoms with Crippen LogP contribution in [0.15, 0.2) is 17.7 Å². The fraction of sp³-hybridized carbons (Fsp3) is 0.267. The highest BCUT2D eigenvalue weighted by molar-refractivity contribution is 7.80. The van der Waals surface area contributed by atoms with Crippen molar-refractivity contribution in [2.24, 2.45) is 0 Å². The summed E-state index contributed by atoms with van der Waals surface area (Å²) in [6.45, 7) is 0. The van der Waals surface area contributed by atoms with Crippen LogP contribution in [0.4, 0.5) is 0 Å². The Balaban J connectivity index is 2.52. The van der Waals surface area contributed by atoms with Crippen molar-refractivity contribution < 1.29 is 23.8 Å². The maximum Gasteiger partial charge on any atom is 0.265 e. The van der Waals surface area contributed by atoms with Crippen LogP contribution in [0, 0.1) is 0 Å². The van der Waals surface area contributed by atoms with Gasteiger partial charge in [-0.2, -0.15) is 0 Å². The highest BCUT2D eigenvalue weighted by atomic mass is 32.1. The minimum Gasteiger partial charge on any atom is -0.493 e. The zero-order valence-corrected chi connectivity index (χ0v) is 13.9. The van der Waals surface area contributed by atoms with Gasteiger partial charge in [0.25, 0.3) is 11.8 Å². The first-order chi connectivity index (χ1) is 10.9. The molecular formula is C15H16N2O5S. The van der Waals surface area contributed by atoms with E-state index in [1.54, 1.807) is 12.1 Å². The molecule has 0 bridgehead atoms.